The minimum atomic E-state index is -0.239. The molecule has 0 spiro atoms. The topological polar surface area (TPSA) is 32.3 Å². The normalized spacial score (nSPS) is 17.3. The average Bonchev–Trinajstić information content (AvgIpc) is 1.82. The summed E-state index contributed by atoms with van der Waals surface area (Å²) in [7, 11) is 0. The molecular weight excluding hydrogens is 114 g/mol. The van der Waals surface area contributed by atoms with Crippen molar-refractivity contribution >= 4 is 0 Å². The number of aliphatic hydroxyl groups is 1. The molecule has 0 aromatic carbocycles. The average molecular weight is 131 g/mol. The molecule has 0 aliphatic rings. The van der Waals surface area contributed by atoms with E-state index in [4.69, 9.17) is 5.11 Å². The van der Waals surface area contributed by atoms with Gasteiger partial charge >= 0.3 is 0 Å². The lowest BCUT2D eigenvalue weighted by Gasteiger charge is -2.15. The minimum Gasteiger partial charge on any atom is -0.392 e. The molecule has 0 aromatic rings. The molecule has 56 valence electrons. The summed E-state index contributed by atoms with van der Waals surface area (Å²) < 4.78 is 0. The van der Waals surface area contributed by atoms with E-state index in [-0.39, 0.29) is 12.1 Å². The van der Waals surface area contributed by atoms with E-state index in [1.807, 2.05) is 6.92 Å². The van der Waals surface area contributed by atoms with E-state index in [2.05, 4.69) is 12.2 Å². The van der Waals surface area contributed by atoms with Crippen molar-refractivity contribution in [3.63, 3.8) is 0 Å². The van der Waals surface area contributed by atoms with Crippen LogP contribution in [0.1, 0.15) is 27.2 Å². The predicted molar refractivity (Wildman–Crippen MR) is 39.4 cm³/mol. The molecule has 2 atom stereocenters. The van der Waals surface area contributed by atoms with Crippen LogP contribution >= 0.6 is 0 Å². The molecule has 0 saturated heterocycles. The quantitative estimate of drug-likeness (QED) is 0.590. The zero-order valence-electron chi connectivity index (χ0n) is 6.52. The SMILES string of the molecule is CCCN[C@@H](C)[C@@H](C)O. The fourth-order valence-corrected chi connectivity index (χ4v) is 0.543. The second-order valence-corrected chi connectivity index (χ2v) is 2.48. The van der Waals surface area contributed by atoms with Gasteiger partial charge in [0.25, 0.3) is 0 Å². The van der Waals surface area contributed by atoms with Crippen molar-refractivity contribution in [3.05, 3.63) is 0 Å². The lowest BCUT2D eigenvalue weighted by atomic mass is 10.2. The number of rotatable bonds is 4. The molecule has 0 saturated carbocycles. The third-order valence-electron chi connectivity index (χ3n) is 1.44. The van der Waals surface area contributed by atoms with Crippen molar-refractivity contribution in [1.82, 2.24) is 5.32 Å². The Bertz CT molecular complexity index is 63.9. The Kier molecular flexibility index (Phi) is 4.72. The van der Waals surface area contributed by atoms with E-state index in [0.717, 1.165) is 13.0 Å². The summed E-state index contributed by atoms with van der Waals surface area (Å²) in [5.74, 6) is 0. The smallest absolute Gasteiger partial charge is 0.0662 e. The Morgan fingerprint density at radius 1 is 1.44 bits per heavy atom. The maximum atomic E-state index is 8.99. The summed E-state index contributed by atoms with van der Waals surface area (Å²) >= 11 is 0. The number of aliphatic hydroxyl groups excluding tert-OH is 1. The number of hydrogen-bond acceptors (Lipinski definition) is 2. The molecule has 0 unspecified atom stereocenters. The zero-order valence-corrected chi connectivity index (χ0v) is 6.52. The highest BCUT2D eigenvalue weighted by Crippen LogP contribution is 1.89. The summed E-state index contributed by atoms with van der Waals surface area (Å²) in [6, 6.07) is 0.227. The molecule has 0 amide bonds. The van der Waals surface area contributed by atoms with Gasteiger partial charge in [-0.2, -0.15) is 0 Å². The highest BCUT2D eigenvalue weighted by atomic mass is 16.3. The molecule has 2 N–H and O–H groups in total. The first-order valence-electron chi connectivity index (χ1n) is 3.60. The van der Waals surface area contributed by atoms with Crippen LogP contribution in [0.5, 0.6) is 0 Å². The van der Waals surface area contributed by atoms with Gasteiger partial charge in [-0.15, -0.1) is 0 Å². The third-order valence-corrected chi connectivity index (χ3v) is 1.44. The summed E-state index contributed by atoms with van der Waals surface area (Å²) in [4.78, 5) is 0. The Labute approximate surface area is 57.3 Å². The van der Waals surface area contributed by atoms with E-state index in [9.17, 15) is 0 Å². The van der Waals surface area contributed by atoms with Gasteiger partial charge in [0.15, 0.2) is 0 Å². The van der Waals surface area contributed by atoms with Crippen LogP contribution in [-0.4, -0.2) is 23.8 Å². The molecule has 0 fully saturated rings. The van der Waals surface area contributed by atoms with Crippen molar-refractivity contribution in [1.29, 1.82) is 0 Å². The summed E-state index contributed by atoms with van der Waals surface area (Å²) in [6.07, 6.45) is 0.883. The molecule has 9 heavy (non-hydrogen) atoms. The summed E-state index contributed by atoms with van der Waals surface area (Å²) in [5, 5.41) is 12.2. The van der Waals surface area contributed by atoms with Crippen molar-refractivity contribution < 1.29 is 5.11 Å². The van der Waals surface area contributed by atoms with Crippen molar-refractivity contribution in [2.75, 3.05) is 6.54 Å². The van der Waals surface area contributed by atoms with E-state index in [0.29, 0.717) is 0 Å². The molecular formula is C7H17NO. The molecule has 0 aliphatic carbocycles. The Morgan fingerprint density at radius 3 is 2.33 bits per heavy atom. The molecule has 2 nitrogen and oxygen atoms in total. The van der Waals surface area contributed by atoms with Crippen LogP contribution in [0.15, 0.2) is 0 Å². The van der Waals surface area contributed by atoms with Gasteiger partial charge in [-0.3, -0.25) is 0 Å². The third kappa shape index (κ3) is 4.43. The number of hydrogen-bond donors (Lipinski definition) is 2. The van der Waals surface area contributed by atoms with E-state index >= 15 is 0 Å². The van der Waals surface area contributed by atoms with Crippen LogP contribution < -0.4 is 5.32 Å². The van der Waals surface area contributed by atoms with Gasteiger partial charge in [0, 0.05) is 6.04 Å². The van der Waals surface area contributed by atoms with E-state index in [1.165, 1.54) is 0 Å². The van der Waals surface area contributed by atoms with Gasteiger partial charge in [-0.05, 0) is 26.8 Å². The standard InChI is InChI=1S/C7H17NO/c1-4-5-8-6(2)7(3)9/h6-9H,4-5H2,1-3H3/t6-,7+/m0/s1. The largest absolute Gasteiger partial charge is 0.392 e. The summed E-state index contributed by atoms with van der Waals surface area (Å²) in [6.45, 7) is 6.89. The molecule has 0 heterocycles. The molecule has 0 aromatic heterocycles. The van der Waals surface area contributed by atoms with Crippen LogP contribution in [0.25, 0.3) is 0 Å². The van der Waals surface area contributed by atoms with Gasteiger partial charge in [0.05, 0.1) is 6.10 Å². The van der Waals surface area contributed by atoms with E-state index < -0.39 is 0 Å². The van der Waals surface area contributed by atoms with Gasteiger partial charge in [-0.1, -0.05) is 6.92 Å². The maximum absolute atomic E-state index is 8.99. The highest BCUT2D eigenvalue weighted by molar-refractivity contribution is 4.64. The fourth-order valence-electron chi connectivity index (χ4n) is 0.543. The molecule has 0 rings (SSSR count). The highest BCUT2D eigenvalue weighted by Gasteiger charge is 2.04. The molecule has 2 heteroatoms. The Hall–Kier alpha value is -0.0800. The van der Waals surface area contributed by atoms with Crippen molar-refractivity contribution in [2.45, 2.75) is 39.3 Å². The van der Waals surface area contributed by atoms with Crippen LogP contribution in [-0.2, 0) is 0 Å². The number of nitrogens with one attached hydrogen (secondary N) is 1. The Balaban J connectivity index is 3.16. The van der Waals surface area contributed by atoms with E-state index in [1.54, 1.807) is 6.92 Å². The van der Waals surface area contributed by atoms with Gasteiger partial charge in [-0.25, -0.2) is 0 Å². The summed E-state index contributed by atoms with van der Waals surface area (Å²) in [5.41, 5.74) is 0. The monoisotopic (exact) mass is 131 g/mol. The second-order valence-electron chi connectivity index (χ2n) is 2.48. The Morgan fingerprint density at radius 2 is 2.00 bits per heavy atom. The van der Waals surface area contributed by atoms with Gasteiger partial charge in [0.1, 0.15) is 0 Å². The first-order chi connectivity index (χ1) is 4.18. The second kappa shape index (κ2) is 4.77. The lowest BCUT2D eigenvalue weighted by molar-refractivity contribution is 0.153. The van der Waals surface area contributed by atoms with Crippen molar-refractivity contribution in [3.8, 4) is 0 Å². The van der Waals surface area contributed by atoms with Crippen LogP contribution in [0.3, 0.4) is 0 Å². The van der Waals surface area contributed by atoms with Crippen molar-refractivity contribution in [2.24, 2.45) is 0 Å². The fraction of sp³-hybridized carbons (Fsp3) is 1.00. The molecule has 0 bridgehead atoms. The lowest BCUT2D eigenvalue weighted by Crippen LogP contribution is -2.35. The predicted octanol–water partition coefficient (Wildman–Crippen LogP) is 0.755. The molecule has 0 radical (unpaired) electrons. The minimum absolute atomic E-state index is 0.227. The molecule has 0 aliphatic heterocycles. The van der Waals surface area contributed by atoms with Gasteiger partial charge < -0.3 is 10.4 Å². The van der Waals surface area contributed by atoms with Crippen LogP contribution in [0.2, 0.25) is 0 Å². The first-order valence-corrected chi connectivity index (χ1v) is 3.60. The first kappa shape index (κ1) is 8.92. The van der Waals surface area contributed by atoms with Gasteiger partial charge in [0.2, 0.25) is 0 Å². The maximum Gasteiger partial charge on any atom is 0.0662 e. The van der Waals surface area contributed by atoms with Crippen LogP contribution in [0, 0.1) is 0 Å². The zero-order chi connectivity index (χ0) is 7.28. The van der Waals surface area contributed by atoms with Crippen LogP contribution in [0.4, 0.5) is 0 Å².